The Bertz CT molecular complexity index is 689. The van der Waals surface area contributed by atoms with Gasteiger partial charge in [-0.15, -0.1) is 0 Å². The van der Waals surface area contributed by atoms with E-state index in [-0.39, 0.29) is 11.9 Å². The molecule has 0 aliphatic carbocycles. The minimum absolute atomic E-state index is 0.0679. The highest BCUT2D eigenvalue weighted by Gasteiger charge is 2.20. The minimum Gasteiger partial charge on any atom is -0.332 e. The molecule has 2 aromatic rings. The Morgan fingerprint density at radius 1 is 1.17 bits per heavy atom. The van der Waals surface area contributed by atoms with Gasteiger partial charge < -0.3 is 10.6 Å². The maximum Gasteiger partial charge on any atom is 0.279 e. The van der Waals surface area contributed by atoms with Gasteiger partial charge in [0.05, 0.1) is 11.6 Å². The van der Waals surface area contributed by atoms with E-state index in [1.165, 1.54) is 5.56 Å². The highest BCUT2D eigenvalue weighted by atomic mass is 16.1. The largest absolute Gasteiger partial charge is 0.332 e. The molecule has 0 aromatic heterocycles. The molecule has 0 aliphatic heterocycles. The first-order valence-corrected chi connectivity index (χ1v) is 7.78. The molecule has 23 heavy (non-hydrogen) atoms. The van der Waals surface area contributed by atoms with Crippen LogP contribution in [0, 0.1) is 17.2 Å². The third-order valence-electron chi connectivity index (χ3n) is 3.74. The Balaban J connectivity index is 1.95. The number of anilines is 1. The third kappa shape index (κ3) is 4.94. The molecule has 1 amide bonds. The molecule has 0 radical (unpaired) electrons. The number of quaternary nitrogens is 1. The average molecular weight is 308 g/mol. The predicted octanol–water partition coefficient (Wildman–Crippen LogP) is 2.46. The normalized spacial score (nSPS) is 11.7. The van der Waals surface area contributed by atoms with Crippen molar-refractivity contribution in [2.24, 2.45) is 5.92 Å². The van der Waals surface area contributed by atoms with Crippen LogP contribution < -0.4 is 10.6 Å². The zero-order chi connectivity index (χ0) is 16.7. The van der Waals surface area contributed by atoms with Crippen molar-refractivity contribution >= 4 is 11.6 Å². The van der Waals surface area contributed by atoms with Crippen molar-refractivity contribution in [2.45, 2.75) is 19.9 Å². The number of hydrogen-bond acceptors (Lipinski definition) is 2. The van der Waals surface area contributed by atoms with E-state index in [4.69, 9.17) is 5.26 Å². The second-order valence-electron chi connectivity index (χ2n) is 5.86. The number of hydrogen-bond donors (Lipinski definition) is 2. The molecule has 2 rings (SSSR count). The lowest BCUT2D eigenvalue weighted by molar-refractivity contribution is -0.692. The SMILES string of the molecule is CC(C)[C@@H]([NH2+]CC(=O)Nc1cccc(C#N)c1)c1ccccc1. The zero-order valence-corrected chi connectivity index (χ0v) is 13.5. The first kappa shape index (κ1) is 16.7. The van der Waals surface area contributed by atoms with Gasteiger partial charge in [0.25, 0.3) is 5.91 Å². The van der Waals surface area contributed by atoms with Crippen molar-refractivity contribution in [3.63, 3.8) is 0 Å². The molecule has 3 N–H and O–H groups in total. The van der Waals surface area contributed by atoms with Crippen LogP contribution in [0.15, 0.2) is 54.6 Å². The van der Waals surface area contributed by atoms with Crippen LogP contribution in [0.1, 0.15) is 31.0 Å². The van der Waals surface area contributed by atoms with Gasteiger partial charge in [0.2, 0.25) is 0 Å². The number of carbonyl (C=O) groups excluding carboxylic acids is 1. The van der Waals surface area contributed by atoms with Crippen LogP contribution >= 0.6 is 0 Å². The van der Waals surface area contributed by atoms with Crippen LogP contribution in [-0.2, 0) is 4.79 Å². The topological polar surface area (TPSA) is 69.5 Å². The lowest BCUT2D eigenvalue weighted by Crippen LogP contribution is -2.88. The van der Waals surface area contributed by atoms with Gasteiger partial charge in [-0.1, -0.05) is 50.2 Å². The lowest BCUT2D eigenvalue weighted by Gasteiger charge is -2.19. The van der Waals surface area contributed by atoms with Gasteiger partial charge in [-0.2, -0.15) is 5.26 Å². The molecule has 4 heteroatoms. The van der Waals surface area contributed by atoms with Gasteiger partial charge in [0.15, 0.2) is 6.54 Å². The molecular formula is C19H22N3O+. The average Bonchev–Trinajstić information content (AvgIpc) is 2.56. The molecule has 118 valence electrons. The van der Waals surface area contributed by atoms with Gasteiger partial charge in [-0.25, -0.2) is 0 Å². The molecule has 0 spiro atoms. The van der Waals surface area contributed by atoms with E-state index in [2.05, 4.69) is 42.7 Å². The maximum absolute atomic E-state index is 12.1. The highest BCUT2D eigenvalue weighted by Crippen LogP contribution is 2.16. The summed E-state index contributed by atoms with van der Waals surface area (Å²) >= 11 is 0. The Kier molecular flexibility index (Phi) is 5.90. The first-order chi connectivity index (χ1) is 11.1. The molecule has 0 unspecified atom stereocenters. The van der Waals surface area contributed by atoms with Gasteiger partial charge in [-0.3, -0.25) is 4.79 Å². The number of nitrogens with two attached hydrogens (primary N) is 1. The van der Waals surface area contributed by atoms with Crippen LogP contribution in [-0.4, -0.2) is 12.5 Å². The molecule has 0 heterocycles. The third-order valence-corrected chi connectivity index (χ3v) is 3.74. The number of benzene rings is 2. The van der Waals surface area contributed by atoms with Crippen LogP contribution in [0.3, 0.4) is 0 Å². The zero-order valence-electron chi connectivity index (χ0n) is 13.5. The number of rotatable bonds is 6. The summed E-state index contributed by atoms with van der Waals surface area (Å²) in [5.41, 5.74) is 2.42. The fraction of sp³-hybridized carbons (Fsp3) is 0.263. The van der Waals surface area contributed by atoms with Crippen molar-refractivity contribution in [2.75, 3.05) is 11.9 Å². The summed E-state index contributed by atoms with van der Waals surface area (Å²) in [6.07, 6.45) is 0. The summed E-state index contributed by atoms with van der Waals surface area (Å²) < 4.78 is 0. The summed E-state index contributed by atoms with van der Waals surface area (Å²) in [4.78, 5) is 12.1. The standard InChI is InChI=1S/C19H21N3O/c1-14(2)19(16-8-4-3-5-9-16)21-13-18(23)22-17-10-6-7-15(11-17)12-20/h3-11,14,19,21H,13H2,1-2H3,(H,22,23)/p+1/t19-/m1/s1. The summed E-state index contributed by atoms with van der Waals surface area (Å²) in [7, 11) is 0. The second-order valence-corrected chi connectivity index (χ2v) is 5.86. The number of carbonyl (C=O) groups is 1. The van der Waals surface area contributed by atoms with E-state index in [9.17, 15) is 4.79 Å². The molecule has 0 saturated carbocycles. The van der Waals surface area contributed by atoms with E-state index in [1.807, 2.05) is 18.2 Å². The minimum atomic E-state index is -0.0679. The van der Waals surface area contributed by atoms with Gasteiger partial charge in [0, 0.05) is 17.2 Å². The molecule has 0 fully saturated rings. The molecule has 0 bridgehead atoms. The van der Waals surface area contributed by atoms with Crippen molar-refractivity contribution in [1.82, 2.24) is 0 Å². The quantitative estimate of drug-likeness (QED) is 0.860. The predicted molar refractivity (Wildman–Crippen MR) is 90.6 cm³/mol. The van der Waals surface area contributed by atoms with Crippen LogP contribution in [0.25, 0.3) is 0 Å². The van der Waals surface area contributed by atoms with Gasteiger partial charge >= 0.3 is 0 Å². The Hall–Kier alpha value is -2.64. The second kappa shape index (κ2) is 8.11. The molecule has 4 nitrogen and oxygen atoms in total. The smallest absolute Gasteiger partial charge is 0.279 e. The Labute approximate surface area is 137 Å². The van der Waals surface area contributed by atoms with Crippen LogP contribution in [0.2, 0.25) is 0 Å². The van der Waals surface area contributed by atoms with Gasteiger partial charge in [-0.05, 0) is 18.2 Å². The maximum atomic E-state index is 12.1. The summed E-state index contributed by atoms with van der Waals surface area (Å²) in [5.74, 6) is 0.355. The van der Waals surface area contributed by atoms with Crippen LogP contribution in [0.5, 0.6) is 0 Å². The van der Waals surface area contributed by atoms with E-state index in [1.54, 1.807) is 24.3 Å². The first-order valence-electron chi connectivity index (χ1n) is 7.78. The molecular weight excluding hydrogens is 286 g/mol. The number of amides is 1. The molecule has 1 atom stereocenters. The van der Waals surface area contributed by atoms with Crippen molar-refractivity contribution in [1.29, 1.82) is 5.26 Å². The van der Waals surface area contributed by atoms with E-state index in [0.29, 0.717) is 23.7 Å². The summed E-state index contributed by atoms with van der Waals surface area (Å²) in [6, 6.07) is 19.5. The number of nitrogens with zero attached hydrogens (tertiary/aromatic N) is 1. The fourth-order valence-electron chi connectivity index (χ4n) is 2.58. The molecule has 0 aliphatic rings. The van der Waals surface area contributed by atoms with Gasteiger partial charge in [0.1, 0.15) is 6.04 Å². The molecule has 2 aromatic carbocycles. The van der Waals surface area contributed by atoms with Crippen molar-refractivity contribution in [3.8, 4) is 6.07 Å². The monoisotopic (exact) mass is 308 g/mol. The summed E-state index contributed by atoms with van der Waals surface area (Å²) in [6.45, 7) is 4.65. The van der Waals surface area contributed by atoms with Crippen molar-refractivity contribution < 1.29 is 10.1 Å². The Morgan fingerprint density at radius 3 is 2.57 bits per heavy atom. The van der Waals surface area contributed by atoms with E-state index < -0.39 is 0 Å². The number of nitriles is 1. The molecule has 0 saturated heterocycles. The van der Waals surface area contributed by atoms with Crippen LogP contribution in [0.4, 0.5) is 5.69 Å². The lowest BCUT2D eigenvalue weighted by atomic mass is 9.96. The number of nitrogens with one attached hydrogen (secondary N) is 1. The Morgan fingerprint density at radius 2 is 1.91 bits per heavy atom. The fourth-order valence-corrected chi connectivity index (χ4v) is 2.58. The highest BCUT2D eigenvalue weighted by molar-refractivity contribution is 5.91. The van der Waals surface area contributed by atoms with Crippen molar-refractivity contribution in [3.05, 3.63) is 65.7 Å². The van der Waals surface area contributed by atoms with E-state index in [0.717, 1.165) is 0 Å². The summed E-state index contributed by atoms with van der Waals surface area (Å²) in [5, 5.41) is 13.8. The van der Waals surface area contributed by atoms with E-state index >= 15 is 0 Å².